The largest absolute Gasteiger partial charge is 0.480 e. The van der Waals surface area contributed by atoms with Gasteiger partial charge in [0.25, 0.3) is 5.91 Å². The molecule has 0 unspecified atom stereocenters. The van der Waals surface area contributed by atoms with E-state index in [9.17, 15) is 14.4 Å². The zero-order valence-electron chi connectivity index (χ0n) is 21.8. The number of carbonyl (C=O) groups excluding carboxylic acids is 2. The fourth-order valence-corrected chi connectivity index (χ4v) is 4.57. The lowest BCUT2D eigenvalue weighted by molar-refractivity contribution is -0.135. The van der Waals surface area contributed by atoms with E-state index in [1.54, 1.807) is 6.07 Å². The number of benzene rings is 3. The van der Waals surface area contributed by atoms with Crippen LogP contribution >= 0.6 is 23.2 Å². The van der Waals surface area contributed by atoms with Gasteiger partial charge in [-0.3, -0.25) is 19.3 Å². The molecule has 1 aliphatic heterocycles. The summed E-state index contributed by atoms with van der Waals surface area (Å²) in [6.07, 6.45) is 3.44. The van der Waals surface area contributed by atoms with E-state index in [2.05, 4.69) is 64.9 Å². The molecular weight excluding hydrogens is 537 g/mol. The molecule has 9 heteroatoms. The molecule has 0 aliphatic carbocycles. The van der Waals surface area contributed by atoms with Crippen molar-refractivity contribution < 1.29 is 19.5 Å². The average molecular weight is 569 g/mol. The maximum Gasteiger partial charge on any atom is 0.322 e. The standard InChI is InChI=1S/C21H24N2O.C9H7Cl2NO3/c1-16-3-7-19(8-4-16)20-11-13-23(14-12-20)15-18-5-9-21(10-6-18)22-17(2)24;10-5-2-1-3-6(11)8(5)9(15)12-4-7(13)14/h3-11H,12-15H2,1-2H3,(H,22,24);1-3H,4H2,(H,12,15)(H,13,14). The van der Waals surface area contributed by atoms with Gasteiger partial charge < -0.3 is 15.7 Å². The molecule has 0 fully saturated rings. The Bertz CT molecular complexity index is 1320. The lowest BCUT2D eigenvalue weighted by Crippen LogP contribution is -2.29. The first kappa shape index (κ1) is 29.9. The third-order valence-electron chi connectivity index (χ3n) is 5.99. The first-order valence-electron chi connectivity index (χ1n) is 12.4. The third kappa shape index (κ3) is 9.55. The normalized spacial score (nSPS) is 13.0. The molecule has 7 nitrogen and oxygen atoms in total. The summed E-state index contributed by atoms with van der Waals surface area (Å²) in [5, 5.41) is 13.7. The van der Waals surface area contributed by atoms with Crippen molar-refractivity contribution in [3.63, 3.8) is 0 Å². The molecular formula is C30H31Cl2N3O4. The van der Waals surface area contributed by atoms with Gasteiger partial charge in [-0.05, 0) is 54.3 Å². The molecule has 4 rings (SSSR count). The quantitative estimate of drug-likeness (QED) is 0.322. The van der Waals surface area contributed by atoms with E-state index in [0.717, 1.165) is 31.7 Å². The number of nitrogens with zero attached hydrogens (tertiary/aromatic N) is 1. The highest BCUT2D eigenvalue weighted by Crippen LogP contribution is 2.25. The number of hydrogen-bond acceptors (Lipinski definition) is 4. The van der Waals surface area contributed by atoms with Crippen molar-refractivity contribution in [1.82, 2.24) is 10.2 Å². The Morgan fingerprint density at radius 2 is 1.59 bits per heavy atom. The second-order valence-corrected chi connectivity index (χ2v) is 9.95. The van der Waals surface area contributed by atoms with E-state index < -0.39 is 18.4 Å². The number of carboxylic acids is 1. The fourth-order valence-electron chi connectivity index (χ4n) is 4.00. The van der Waals surface area contributed by atoms with Crippen LogP contribution in [0.3, 0.4) is 0 Å². The van der Waals surface area contributed by atoms with Crippen LogP contribution in [-0.2, 0) is 16.1 Å². The first-order valence-corrected chi connectivity index (χ1v) is 13.2. The number of aryl methyl sites for hydroxylation is 1. The van der Waals surface area contributed by atoms with Crippen molar-refractivity contribution >= 4 is 52.2 Å². The van der Waals surface area contributed by atoms with Crippen LogP contribution in [0.25, 0.3) is 5.57 Å². The first-order chi connectivity index (χ1) is 18.6. The Balaban J connectivity index is 0.000000242. The molecule has 1 heterocycles. The van der Waals surface area contributed by atoms with E-state index in [1.807, 2.05) is 12.1 Å². The molecule has 204 valence electrons. The van der Waals surface area contributed by atoms with Crippen LogP contribution in [0.2, 0.25) is 10.0 Å². The minimum Gasteiger partial charge on any atom is -0.480 e. The van der Waals surface area contributed by atoms with Crippen molar-refractivity contribution in [2.45, 2.75) is 26.8 Å². The highest BCUT2D eigenvalue weighted by Gasteiger charge is 2.15. The van der Waals surface area contributed by atoms with Crippen molar-refractivity contribution in [3.8, 4) is 0 Å². The Kier molecular flexibility index (Phi) is 11.1. The molecule has 3 aromatic carbocycles. The predicted octanol–water partition coefficient (Wildman–Crippen LogP) is 6.05. The highest BCUT2D eigenvalue weighted by molar-refractivity contribution is 6.39. The molecule has 39 heavy (non-hydrogen) atoms. The third-order valence-corrected chi connectivity index (χ3v) is 6.62. The Labute approximate surface area is 238 Å². The van der Waals surface area contributed by atoms with Gasteiger partial charge in [0.2, 0.25) is 5.91 Å². The summed E-state index contributed by atoms with van der Waals surface area (Å²) < 4.78 is 0. The summed E-state index contributed by atoms with van der Waals surface area (Å²) in [5.74, 6) is -1.77. The van der Waals surface area contributed by atoms with Gasteiger partial charge in [-0.15, -0.1) is 0 Å². The molecule has 0 spiro atoms. The van der Waals surface area contributed by atoms with Crippen LogP contribution in [0.15, 0.2) is 72.8 Å². The fraction of sp³-hybridized carbons (Fsp3) is 0.233. The number of rotatable bonds is 7. The number of carbonyl (C=O) groups is 3. The highest BCUT2D eigenvalue weighted by atomic mass is 35.5. The van der Waals surface area contributed by atoms with Gasteiger partial charge >= 0.3 is 5.97 Å². The monoisotopic (exact) mass is 567 g/mol. The van der Waals surface area contributed by atoms with Crippen molar-refractivity contribution in [2.24, 2.45) is 0 Å². The maximum absolute atomic E-state index is 11.4. The average Bonchev–Trinajstić information content (AvgIpc) is 2.90. The van der Waals surface area contributed by atoms with E-state index >= 15 is 0 Å². The Morgan fingerprint density at radius 1 is 0.949 bits per heavy atom. The topological polar surface area (TPSA) is 98.7 Å². The summed E-state index contributed by atoms with van der Waals surface area (Å²) in [6, 6.07) is 21.5. The van der Waals surface area contributed by atoms with Gasteiger partial charge in [0.1, 0.15) is 6.54 Å². The van der Waals surface area contributed by atoms with Gasteiger partial charge in [-0.25, -0.2) is 0 Å². The molecule has 0 bridgehead atoms. The minimum atomic E-state index is -1.13. The van der Waals surface area contributed by atoms with Crippen molar-refractivity contribution in [3.05, 3.63) is 105 Å². The number of nitrogens with one attached hydrogen (secondary N) is 2. The van der Waals surface area contributed by atoms with E-state index in [0.29, 0.717) is 0 Å². The van der Waals surface area contributed by atoms with Gasteiger partial charge in [-0.1, -0.05) is 77.3 Å². The SMILES string of the molecule is CC(=O)Nc1ccc(CN2CC=C(c3ccc(C)cc3)CC2)cc1.O=C(O)CNC(=O)c1c(Cl)cccc1Cl. The second-order valence-electron chi connectivity index (χ2n) is 9.13. The number of aliphatic carboxylic acids is 1. The number of hydrogen-bond donors (Lipinski definition) is 3. The summed E-state index contributed by atoms with van der Waals surface area (Å²) in [6.45, 7) is 6.18. The maximum atomic E-state index is 11.4. The molecule has 0 aromatic heterocycles. The van der Waals surface area contributed by atoms with E-state index in [4.69, 9.17) is 28.3 Å². The Morgan fingerprint density at radius 3 is 2.13 bits per heavy atom. The van der Waals surface area contributed by atoms with Crippen molar-refractivity contribution in [1.29, 1.82) is 0 Å². The zero-order chi connectivity index (χ0) is 28.4. The summed E-state index contributed by atoms with van der Waals surface area (Å²) in [4.78, 5) is 35.2. The van der Waals surface area contributed by atoms with Crippen LogP contribution < -0.4 is 10.6 Å². The molecule has 3 aromatic rings. The van der Waals surface area contributed by atoms with Gasteiger partial charge in [0.05, 0.1) is 15.6 Å². The summed E-state index contributed by atoms with van der Waals surface area (Å²) >= 11 is 11.5. The molecule has 0 radical (unpaired) electrons. The number of amides is 2. The number of carboxylic acid groups (broad SMARTS) is 1. The lowest BCUT2D eigenvalue weighted by atomic mass is 9.98. The van der Waals surface area contributed by atoms with Crippen molar-refractivity contribution in [2.75, 3.05) is 25.0 Å². The molecule has 1 aliphatic rings. The van der Waals surface area contributed by atoms with E-state index in [1.165, 1.54) is 41.3 Å². The summed E-state index contributed by atoms with van der Waals surface area (Å²) in [7, 11) is 0. The molecule has 0 saturated carbocycles. The van der Waals surface area contributed by atoms with Crippen LogP contribution in [0.4, 0.5) is 5.69 Å². The summed E-state index contributed by atoms with van der Waals surface area (Å²) in [5.41, 5.74) is 6.32. The number of anilines is 1. The van der Waals surface area contributed by atoms with E-state index in [-0.39, 0.29) is 21.5 Å². The van der Waals surface area contributed by atoms with Gasteiger partial charge in [0.15, 0.2) is 0 Å². The molecule has 3 N–H and O–H groups in total. The van der Waals surface area contributed by atoms with Crippen LogP contribution in [0, 0.1) is 6.92 Å². The molecule has 2 amide bonds. The van der Waals surface area contributed by atoms with Gasteiger partial charge in [-0.2, -0.15) is 0 Å². The number of halogens is 2. The van der Waals surface area contributed by atoms with Gasteiger partial charge in [0, 0.05) is 32.2 Å². The molecule has 0 atom stereocenters. The Hall–Kier alpha value is -3.65. The van der Waals surface area contributed by atoms with Crippen LogP contribution in [0.1, 0.15) is 40.4 Å². The predicted molar refractivity (Wildman–Crippen MR) is 156 cm³/mol. The van der Waals surface area contributed by atoms with Crippen LogP contribution in [-0.4, -0.2) is 47.4 Å². The smallest absolute Gasteiger partial charge is 0.322 e. The zero-order valence-corrected chi connectivity index (χ0v) is 23.4. The van der Waals surface area contributed by atoms with Crippen LogP contribution in [0.5, 0.6) is 0 Å². The lowest BCUT2D eigenvalue weighted by Gasteiger charge is -2.26. The molecule has 0 saturated heterocycles. The second kappa shape index (κ2) is 14.5. The minimum absolute atomic E-state index is 0.0347.